The first-order chi connectivity index (χ1) is 8.00. The van der Waals surface area contributed by atoms with Crippen molar-refractivity contribution in [3.8, 4) is 0 Å². The van der Waals surface area contributed by atoms with Gasteiger partial charge in [0, 0.05) is 16.1 Å². The van der Waals surface area contributed by atoms with Crippen molar-refractivity contribution < 1.29 is 9.59 Å². The Kier molecular flexibility index (Phi) is 3.02. The van der Waals surface area contributed by atoms with Crippen molar-refractivity contribution in [3.05, 3.63) is 33.2 Å². The van der Waals surface area contributed by atoms with Gasteiger partial charge in [-0.05, 0) is 37.8 Å². The number of ketones is 1. The number of amides is 2. The van der Waals surface area contributed by atoms with Crippen LogP contribution in [0.4, 0.5) is 4.79 Å². The maximum Gasteiger partial charge on any atom is 0.319 e. The molecular formula is C12H14N2O2S. The minimum atomic E-state index is -0.318. The van der Waals surface area contributed by atoms with Gasteiger partial charge in [-0.2, -0.15) is 0 Å². The molecule has 2 N–H and O–H groups in total. The van der Waals surface area contributed by atoms with Crippen molar-refractivity contribution in [2.75, 3.05) is 0 Å². The lowest BCUT2D eigenvalue weighted by molar-refractivity contribution is -0.114. The summed E-state index contributed by atoms with van der Waals surface area (Å²) < 4.78 is 0. The van der Waals surface area contributed by atoms with Crippen LogP contribution in [0.1, 0.15) is 30.3 Å². The summed E-state index contributed by atoms with van der Waals surface area (Å²) in [5, 5.41) is 7.40. The van der Waals surface area contributed by atoms with Gasteiger partial charge in [-0.15, -0.1) is 11.3 Å². The highest BCUT2D eigenvalue weighted by atomic mass is 32.1. The average molecular weight is 250 g/mol. The number of urea groups is 1. The third-order valence-electron chi connectivity index (χ3n) is 2.81. The molecule has 0 aromatic carbocycles. The number of hydrogen-bond donors (Lipinski definition) is 2. The fourth-order valence-corrected chi connectivity index (χ4v) is 3.02. The van der Waals surface area contributed by atoms with Gasteiger partial charge in [0.1, 0.15) is 0 Å². The first-order valence-corrected chi connectivity index (χ1v) is 6.22. The average Bonchev–Trinajstić information content (AvgIpc) is 2.62. The molecule has 17 heavy (non-hydrogen) atoms. The number of carbonyl (C=O) groups is 2. The number of rotatable bonds is 2. The van der Waals surface area contributed by atoms with Gasteiger partial charge < -0.3 is 10.6 Å². The Morgan fingerprint density at radius 2 is 2.12 bits per heavy atom. The molecule has 1 aromatic heterocycles. The van der Waals surface area contributed by atoms with E-state index < -0.39 is 0 Å². The Hall–Kier alpha value is -1.62. The van der Waals surface area contributed by atoms with Gasteiger partial charge in [-0.3, -0.25) is 4.79 Å². The highest BCUT2D eigenvalue weighted by molar-refractivity contribution is 7.10. The minimum absolute atomic E-state index is 0.0206. The van der Waals surface area contributed by atoms with Gasteiger partial charge in [0.2, 0.25) is 0 Å². The van der Waals surface area contributed by atoms with Crippen LogP contribution >= 0.6 is 11.3 Å². The van der Waals surface area contributed by atoms with E-state index in [4.69, 9.17) is 0 Å². The second-order valence-corrected chi connectivity index (χ2v) is 5.04. The van der Waals surface area contributed by atoms with Crippen LogP contribution in [0.5, 0.6) is 0 Å². The molecule has 1 aliphatic heterocycles. The summed E-state index contributed by atoms with van der Waals surface area (Å²) in [5.74, 6) is -0.0206. The third-order valence-corrected chi connectivity index (χ3v) is 3.90. The molecule has 1 aromatic rings. The topological polar surface area (TPSA) is 58.2 Å². The lowest BCUT2D eigenvalue weighted by Gasteiger charge is -2.27. The zero-order chi connectivity index (χ0) is 12.6. The Balaban J connectivity index is 2.51. The van der Waals surface area contributed by atoms with Crippen LogP contribution in [0.3, 0.4) is 0 Å². The van der Waals surface area contributed by atoms with Crippen molar-refractivity contribution in [2.24, 2.45) is 0 Å². The highest BCUT2D eigenvalue weighted by Gasteiger charge is 2.30. The number of thiophene rings is 1. The van der Waals surface area contributed by atoms with Crippen molar-refractivity contribution in [3.63, 3.8) is 0 Å². The van der Waals surface area contributed by atoms with E-state index in [0.29, 0.717) is 11.3 Å². The summed E-state index contributed by atoms with van der Waals surface area (Å²) in [6.45, 7) is 5.26. The van der Waals surface area contributed by atoms with Gasteiger partial charge in [-0.1, -0.05) is 0 Å². The molecule has 1 unspecified atom stereocenters. The molecule has 5 heteroatoms. The van der Waals surface area contributed by atoms with E-state index in [2.05, 4.69) is 10.6 Å². The molecule has 2 heterocycles. The normalized spacial score (nSPS) is 19.9. The van der Waals surface area contributed by atoms with Crippen LogP contribution in [0.15, 0.2) is 22.7 Å². The standard InChI is InChI=1S/C12H14N2O2S/c1-6-4-5-17-11(6)10-9(8(3)15)7(2)13-12(16)14-10/h4-5,10H,1-3H3,(H2,13,14,16). The van der Waals surface area contributed by atoms with E-state index in [1.165, 1.54) is 6.92 Å². The Morgan fingerprint density at radius 3 is 2.65 bits per heavy atom. The van der Waals surface area contributed by atoms with Crippen LogP contribution in [0.25, 0.3) is 0 Å². The lowest BCUT2D eigenvalue weighted by Crippen LogP contribution is -2.44. The van der Waals surface area contributed by atoms with Crippen molar-refractivity contribution >= 4 is 23.2 Å². The van der Waals surface area contributed by atoms with E-state index in [1.54, 1.807) is 18.3 Å². The fraction of sp³-hybridized carbons (Fsp3) is 0.333. The molecule has 90 valence electrons. The Morgan fingerprint density at radius 1 is 1.41 bits per heavy atom. The zero-order valence-electron chi connectivity index (χ0n) is 9.96. The van der Waals surface area contributed by atoms with Crippen molar-refractivity contribution in [1.29, 1.82) is 0 Å². The zero-order valence-corrected chi connectivity index (χ0v) is 10.8. The summed E-state index contributed by atoms with van der Waals surface area (Å²) in [6.07, 6.45) is 0. The lowest BCUT2D eigenvalue weighted by atomic mass is 9.96. The molecule has 2 amide bonds. The van der Waals surface area contributed by atoms with E-state index in [0.717, 1.165) is 10.4 Å². The maximum atomic E-state index is 11.7. The summed E-state index contributed by atoms with van der Waals surface area (Å²) in [5.41, 5.74) is 2.36. The van der Waals surface area contributed by atoms with Gasteiger partial charge in [-0.25, -0.2) is 4.79 Å². The van der Waals surface area contributed by atoms with E-state index in [1.807, 2.05) is 18.4 Å². The second kappa shape index (κ2) is 4.33. The third kappa shape index (κ3) is 2.10. The number of allylic oxidation sites excluding steroid dienone is 1. The van der Waals surface area contributed by atoms with Crippen LogP contribution in [0.2, 0.25) is 0 Å². The summed E-state index contributed by atoms with van der Waals surface area (Å²) in [6, 6.07) is 1.41. The highest BCUT2D eigenvalue weighted by Crippen LogP contribution is 2.32. The van der Waals surface area contributed by atoms with Crippen LogP contribution < -0.4 is 10.6 Å². The molecule has 0 aliphatic carbocycles. The summed E-state index contributed by atoms with van der Waals surface area (Å²) in [4.78, 5) is 24.2. The number of hydrogen-bond acceptors (Lipinski definition) is 3. The second-order valence-electron chi connectivity index (χ2n) is 4.09. The van der Waals surface area contributed by atoms with Crippen molar-refractivity contribution in [2.45, 2.75) is 26.8 Å². The molecule has 4 nitrogen and oxygen atoms in total. The monoisotopic (exact) mass is 250 g/mol. The summed E-state index contributed by atoms with van der Waals surface area (Å²) >= 11 is 1.55. The maximum absolute atomic E-state index is 11.7. The van der Waals surface area contributed by atoms with Gasteiger partial charge in [0.25, 0.3) is 0 Å². The summed E-state index contributed by atoms with van der Waals surface area (Å²) in [7, 11) is 0. The van der Waals surface area contributed by atoms with Crippen molar-refractivity contribution in [1.82, 2.24) is 10.6 Å². The quantitative estimate of drug-likeness (QED) is 0.846. The molecule has 1 atom stereocenters. The first-order valence-electron chi connectivity index (χ1n) is 5.34. The minimum Gasteiger partial charge on any atom is -0.326 e. The molecule has 0 fully saturated rings. The Bertz CT molecular complexity index is 516. The Labute approximate surface area is 104 Å². The molecule has 0 bridgehead atoms. The molecule has 0 radical (unpaired) electrons. The first kappa shape index (κ1) is 11.9. The van der Waals surface area contributed by atoms with Gasteiger partial charge >= 0.3 is 6.03 Å². The van der Waals surface area contributed by atoms with Crippen LogP contribution in [-0.4, -0.2) is 11.8 Å². The SMILES string of the molecule is CC(=O)C1=C(C)NC(=O)NC1c1sccc1C. The van der Waals surface area contributed by atoms with Crippen LogP contribution in [-0.2, 0) is 4.79 Å². The molecule has 0 spiro atoms. The molecule has 1 aliphatic rings. The smallest absolute Gasteiger partial charge is 0.319 e. The van der Waals surface area contributed by atoms with Crippen LogP contribution in [0, 0.1) is 6.92 Å². The van der Waals surface area contributed by atoms with Gasteiger partial charge in [0.05, 0.1) is 6.04 Å². The number of nitrogens with one attached hydrogen (secondary N) is 2. The fourth-order valence-electron chi connectivity index (χ4n) is 2.04. The number of aryl methyl sites for hydroxylation is 1. The van der Waals surface area contributed by atoms with Gasteiger partial charge in [0.15, 0.2) is 5.78 Å². The number of carbonyl (C=O) groups excluding carboxylic acids is 2. The molecule has 2 rings (SSSR count). The number of Topliss-reactive ketones (excluding diaryl/α,β-unsaturated/α-hetero) is 1. The molecule has 0 saturated heterocycles. The largest absolute Gasteiger partial charge is 0.326 e. The van der Waals surface area contributed by atoms with E-state index >= 15 is 0 Å². The van der Waals surface area contributed by atoms with E-state index in [9.17, 15) is 9.59 Å². The van der Waals surface area contributed by atoms with E-state index in [-0.39, 0.29) is 17.9 Å². The molecule has 0 saturated carbocycles. The predicted molar refractivity (Wildman–Crippen MR) is 66.8 cm³/mol. The predicted octanol–water partition coefficient (Wildman–Crippen LogP) is 2.27. The molecular weight excluding hydrogens is 236 g/mol.